The van der Waals surface area contributed by atoms with Crippen molar-refractivity contribution in [3.63, 3.8) is 0 Å². The van der Waals surface area contributed by atoms with Crippen molar-refractivity contribution in [2.24, 2.45) is 0 Å². The first-order valence-electron chi connectivity index (χ1n) is 8.52. The van der Waals surface area contributed by atoms with Crippen LogP contribution in [0.5, 0.6) is 5.75 Å². The Balaban J connectivity index is 1.52. The minimum Gasteiger partial charge on any atom is -0.494 e. The van der Waals surface area contributed by atoms with Crippen molar-refractivity contribution < 1.29 is 9.53 Å². The van der Waals surface area contributed by atoms with Crippen LogP contribution in [0.3, 0.4) is 0 Å². The number of thiazole rings is 1. The van der Waals surface area contributed by atoms with E-state index in [-0.39, 0.29) is 11.9 Å². The second-order valence-corrected chi connectivity index (χ2v) is 6.98. The number of hydrogen-bond donors (Lipinski definition) is 1. The number of ether oxygens (including phenoxy) is 1. The summed E-state index contributed by atoms with van der Waals surface area (Å²) in [6, 6.07) is 15.9. The van der Waals surface area contributed by atoms with E-state index in [1.165, 1.54) is 4.70 Å². The average Bonchev–Trinajstić information content (AvgIpc) is 3.04. The zero-order valence-electron chi connectivity index (χ0n) is 14.5. The van der Waals surface area contributed by atoms with Crippen LogP contribution in [-0.4, -0.2) is 17.5 Å². The Hall–Kier alpha value is -2.40. The molecular formula is C20H22N2O2S. The highest BCUT2D eigenvalue weighted by Gasteiger charge is 2.11. The maximum Gasteiger partial charge on any atom is 0.220 e. The molecule has 4 nitrogen and oxygen atoms in total. The van der Waals surface area contributed by atoms with Crippen molar-refractivity contribution in [2.45, 2.75) is 32.7 Å². The van der Waals surface area contributed by atoms with Gasteiger partial charge in [-0.15, -0.1) is 11.3 Å². The third-order valence-electron chi connectivity index (χ3n) is 3.97. The van der Waals surface area contributed by atoms with Crippen molar-refractivity contribution in [1.29, 1.82) is 0 Å². The topological polar surface area (TPSA) is 51.2 Å². The molecule has 1 aromatic heterocycles. The first kappa shape index (κ1) is 17.4. The number of para-hydroxylation sites is 1. The van der Waals surface area contributed by atoms with E-state index in [2.05, 4.69) is 16.4 Å². The fourth-order valence-corrected chi connectivity index (χ4v) is 3.63. The predicted molar refractivity (Wildman–Crippen MR) is 102 cm³/mol. The molecule has 1 heterocycles. The number of carbonyl (C=O) groups excluding carboxylic acids is 1. The van der Waals surface area contributed by atoms with Crippen LogP contribution in [0.1, 0.15) is 36.9 Å². The van der Waals surface area contributed by atoms with E-state index in [0.29, 0.717) is 19.4 Å². The number of aryl methyl sites for hydroxylation is 1. The van der Waals surface area contributed by atoms with Gasteiger partial charge in [-0.05, 0) is 43.7 Å². The van der Waals surface area contributed by atoms with Crippen molar-refractivity contribution in [1.82, 2.24) is 10.3 Å². The summed E-state index contributed by atoms with van der Waals surface area (Å²) in [5, 5.41) is 4.05. The number of amides is 1. The van der Waals surface area contributed by atoms with Gasteiger partial charge in [0.05, 0.1) is 27.9 Å². The smallest absolute Gasteiger partial charge is 0.220 e. The fraction of sp³-hybridized carbons (Fsp3) is 0.300. The van der Waals surface area contributed by atoms with Crippen LogP contribution >= 0.6 is 11.3 Å². The summed E-state index contributed by atoms with van der Waals surface area (Å²) >= 11 is 1.66. The first-order chi connectivity index (χ1) is 12.2. The van der Waals surface area contributed by atoms with Gasteiger partial charge in [0.15, 0.2) is 0 Å². The number of nitrogens with zero attached hydrogens (tertiary/aromatic N) is 1. The van der Waals surface area contributed by atoms with Gasteiger partial charge in [-0.3, -0.25) is 4.79 Å². The van der Waals surface area contributed by atoms with Gasteiger partial charge in [0.25, 0.3) is 0 Å². The summed E-state index contributed by atoms with van der Waals surface area (Å²) < 4.78 is 6.61. The quantitative estimate of drug-likeness (QED) is 0.679. The third kappa shape index (κ3) is 4.57. The summed E-state index contributed by atoms with van der Waals surface area (Å²) in [5.41, 5.74) is 2.07. The van der Waals surface area contributed by atoms with Gasteiger partial charge >= 0.3 is 0 Å². The Labute approximate surface area is 151 Å². The minimum absolute atomic E-state index is 0.0291. The molecule has 0 saturated heterocycles. The molecule has 0 aliphatic heterocycles. The van der Waals surface area contributed by atoms with E-state index < -0.39 is 0 Å². The molecule has 130 valence electrons. The standard InChI is InChI=1S/C20H22N2O2S/c1-3-24-16-10-8-15(9-11-16)14(2)21-19(23)12-13-20-22-17-6-4-5-7-18(17)25-20/h4-11,14H,3,12-13H2,1-2H3,(H,21,23). The molecule has 0 aliphatic rings. The third-order valence-corrected chi connectivity index (χ3v) is 5.07. The first-order valence-corrected chi connectivity index (χ1v) is 9.34. The predicted octanol–water partition coefficient (Wildman–Crippen LogP) is 4.51. The fourth-order valence-electron chi connectivity index (χ4n) is 2.66. The lowest BCUT2D eigenvalue weighted by atomic mass is 10.1. The molecule has 1 N–H and O–H groups in total. The van der Waals surface area contributed by atoms with E-state index in [4.69, 9.17) is 4.74 Å². The Morgan fingerprint density at radius 1 is 1.20 bits per heavy atom. The van der Waals surface area contributed by atoms with Crippen LogP contribution in [0, 0.1) is 0 Å². The number of fused-ring (bicyclic) bond motifs is 1. The monoisotopic (exact) mass is 354 g/mol. The van der Waals surface area contributed by atoms with Crippen LogP contribution in [0.4, 0.5) is 0 Å². The lowest BCUT2D eigenvalue weighted by molar-refractivity contribution is -0.121. The summed E-state index contributed by atoms with van der Waals surface area (Å²) in [5.74, 6) is 0.890. The summed E-state index contributed by atoms with van der Waals surface area (Å²) in [7, 11) is 0. The molecule has 5 heteroatoms. The van der Waals surface area contributed by atoms with Crippen molar-refractivity contribution in [2.75, 3.05) is 6.61 Å². The number of hydrogen-bond acceptors (Lipinski definition) is 4. The second kappa shape index (κ2) is 8.12. The van der Waals surface area contributed by atoms with Gasteiger partial charge in [-0.1, -0.05) is 24.3 Å². The van der Waals surface area contributed by atoms with E-state index in [9.17, 15) is 4.79 Å². The van der Waals surface area contributed by atoms with Gasteiger partial charge in [0.2, 0.25) is 5.91 Å². The van der Waals surface area contributed by atoms with Crippen LogP contribution in [-0.2, 0) is 11.2 Å². The van der Waals surface area contributed by atoms with Crippen LogP contribution < -0.4 is 10.1 Å². The molecule has 0 saturated carbocycles. The Kier molecular flexibility index (Phi) is 5.66. The Bertz CT molecular complexity index is 809. The normalized spacial score (nSPS) is 12.1. The molecule has 25 heavy (non-hydrogen) atoms. The molecule has 0 bridgehead atoms. The average molecular weight is 354 g/mol. The van der Waals surface area contributed by atoms with Crippen LogP contribution in [0.25, 0.3) is 10.2 Å². The highest BCUT2D eigenvalue weighted by atomic mass is 32.1. The van der Waals surface area contributed by atoms with Crippen LogP contribution in [0.2, 0.25) is 0 Å². The van der Waals surface area contributed by atoms with Gasteiger partial charge in [0, 0.05) is 12.8 Å². The van der Waals surface area contributed by atoms with Gasteiger partial charge in [-0.2, -0.15) is 0 Å². The van der Waals surface area contributed by atoms with Crippen molar-refractivity contribution in [3.8, 4) is 5.75 Å². The summed E-state index contributed by atoms with van der Waals surface area (Å²) in [4.78, 5) is 16.8. The molecule has 0 spiro atoms. The van der Waals surface area contributed by atoms with E-state index in [1.807, 2.05) is 56.3 Å². The van der Waals surface area contributed by atoms with E-state index in [0.717, 1.165) is 21.8 Å². The molecule has 1 unspecified atom stereocenters. The van der Waals surface area contributed by atoms with E-state index in [1.54, 1.807) is 11.3 Å². The second-order valence-electron chi connectivity index (χ2n) is 5.87. The molecule has 0 fully saturated rings. The summed E-state index contributed by atoms with van der Waals surface area (Å²) in [6.45, 7) is 4.60. The Morgan fingerprint density at radius 3 is 2.68 bits per heavy atom. The van der Waals surface area contributed by atoms with E-state index >= 15 is 0 Å². The zero-order chi connectivity index (χ0) is 17.6. The highest BCUT2D eigenvalue weighted by Crippen LogP contribution is 2.22. The molecular weight excluding hydrogens is 332 g/mol. The maximum absolute atomic E-state index is 12.2. The van der Waals surface area contributed by atoms with Crippen molar-refractivity contribution >= 4 is 27.5 Å². The number of carbonyl (C=O) groups is 1. The Morgan fingerprint density at radius 2 is 1.96 bits per heavy atom. The molecule has 1 atom stereocenters. The molecule has 0 radical (unpaired) electrons. The number of aromatic nitrogens is 1. The largest absolute Gasteiger partial charge is 0.494 e. The number of nitrogens with one attached hydrogen (secondary N) is 1. The minimum atomic E-state index is -0.0291. The molecule has 3 aromatic rings. The molecule has 0 aliphatic carbocycles. The lowest BCUT2D eigenvalue weighted by Gasteiger charge is -2.14. The van der Waals surface area contributed by atoms with Crippen LogP contribution in [0.15, 0.2) is 48.5 Å². The zero-order valence-corrected chi connectivity index (χ0v) is 15.3. The molecule has 3 rings (SSSR count). The number of benzene rings is 2. The molecule has 2 aromatic carbocycles. The highest BCUT2D eigenvalue weighted by molar-refractivity contribution is 7.18. The maximum atomic E-state index is 12.2. The molecule has 1 amide bonds. The number of rotatable bonds is 7. The van der Waals surface area contributed by atoms with Gasteiger partial charge in [0.1, 0.15) is 5.75 Å². The van der Waals surface area contributed by atoms with Crippen molar-refractivity contribution in [3.05, 3.63) is 59.1 Å². The lowest BCUT2D eigenvalue weighted by Crippen LogP contribution is -2.26. The van der Waals surface area contributed by atoms with Gasteiger partial charge < -0.3 is 10.1 Å². The SMILES string of the molecule is CCOc1ccc(C(C)NC(=O)CCc2nc3ccccc3s2)cc1. The van der Waals surface area contributed by atoms with Gasteiger partial charge in [-0.25, -0.2) is 4.98 Å². The summed E-state index contributed by atoms with van der Waals surface area (Å²) in [6.07, 6.45) is 1.11.